The van der Waals surface area contributed by atoms with Crippen LogP contribution >= 0.6 is 66.1 Å². The molecule has 0 aliphatic carbocycles. The zero-order chi connectivity index (χ0) is 11.0. The summed E-state index contributed by atoms with van der Waals surface area (Å²) < 4.78 is 2.23. The molecule has 0 saturated carbocycles. The van der Waals surface area contributed by atoms with Crippen LogP contribution in [-0.2, 0) is 0 Å². The maximum atomic E-state index is 6.43. The summed E-state index contributed by atoms with van der Waals surface area (Å²) in [7, 11) is 0. The number of thiophene rings is 2. The zero-order valence-electron chi connectivity index (χ0n) is 7.76. The Hall–Kier alpha value is 0.650. The lowest BCUT2D eigenvalue weighted by molar-refractivity contribution is 1.22. The van der Waals surface area contributed by atoms with Crippen LogP contribution in [0.15, 0.2) is 26.5 Å². The number of hydrogen-bond acceptors (Lipinski definition) is 2. The molecule has 0 nitrogen and oxygen atoms in total. The number of halogens is 3. The fraction of sp³-hybridized carbons (Fsp3) is 0.200. The monoisotopic (exact) mass is 384 g/mol. The third-order valence-corrected chi connectivity index (χ3v) is 6.85. The molecule has 5 heteroatoms. The number of alkyl halides is 1. The maximum absolute atomic E-state index is 6.43. The van der Waals surface area contributed by atoms with Crippen molar-refractivity contribution in [1.82, 2.24) is 0 Å². The quantitative estimate of drug-likeness (QED) is 0.558. The lowest BCUT2D eigenvalue weighted by atomic mass is 10.3. The van der Waals surface area contributed by atoms with Crippen LogP contribution in [0.5, 0.6) is 0 Å². The Morgan fingerprint density at radius 2 is 2.07 bits per heavy atom. The zero-order valence-corrected chi connectivity index (χ0v) is 13.3. The average molecular weight is 387 g/mol. The summed E-state index contributed by atoms with van der Waals surface area (Å²) in [5, 5.41) is 2.00. The normalized spacial score (nSPS) is 13.1. The predicted molar refractivity (Wildman–Crippen MR) is 76.5 cm³/mol. The van der Waals surface area contributed by atoms with Crippen LogP contribution in [0.4, 0.5) is 0 Å². The van der Waals surface area contributed by atoms with Crippen LogP contribution in [0, 0.1) is 6.92 Å². The van der Waals surface area contributed by atoms with Crippen molar-refractivity contribution in [2.45, 2.75) is 12.3 Å². The van der Waals surface area contributed by atoms with E-state index in [1.807, 2.05) is 11.4 Å². The highest BCUT2D eigenvalue weighted by atomic mass is 79.9. The molecule has 80 valence electrons. The lowest BCUT2D eigenvalue weighted by Crippen LogP contribution is -1.85. The van der Waals surface area contributed by atoms with Gasteiger partial charge in [0, 0.05) is 23.6 Å². The van der Waals surface area contributed by atoms with Gasteiger partial charge >= 0.3 is 0 Å². The Kier molecular flexibility index (Phi) is 3.94. The summed E-state index contributed by atoms with van der Waals surface area (Å²) in [4.78, 5) is 3.62. The van der Waals surface area contributed by atoms with E-state index in [2.05, 4.69) is 44.8 Å². The highest BCUT2D eigenvalue weighted by Gasteiger charge is 2.18. The van der Waals surface area contributed by atoms with Crippen LogP contribution in [0.2, 0.25) is 0 Å². The molecule has 0 aliphatic rings. The molecule has 0 aromatic carbocycles. The summed E-state index contributed by atoms with van der Waals surface area (Å²) in [6.07, 6.45) is 0. The second-order valence-electron chi connectivity index (χ2n) is 3.05. The fourth-order valence-corrected chi connectivity index (χ4v) is 5.04. The highest BCUT2D eigenvalue weighted by molar-refractivity contribution is 9.10. The first-order valence-electron chi connectivity index (χ1n) is 4.22. The molecule has 2 rings (SSSR count). The Balaban J connectivity index is 2.36. The number of aryl methyl sites for hydroxylation is 1. The van der Waals surface area contributed by atoms with Crippen molar-refractivity contribution in [2.75, 3.05) is 0 Å². The molecule has 2 aromatic rings. The smallest absolute Gasteiger partial charge is 0.103 e. The van der Waals surface area contributed by atoms with E-state index in [1.54, 1.807) is 22.7 Å². The standard InChI is InChI=1S/C10H7Br2ClS2/c1-5-7(12)4-8(15-5)9(13)10-6(11)2-3-14-10/h2-4,9H,1H3. The molecule has 0 saturated heterocycles. The molecular formula is C10H7Br2ClS2. The summed E-state index contributed by atoms with van der Waals surface area (Å²) in [6.45, 7) is 2.09. The van der Waals surface area contributed by atoms with E-state index < -0.39 is 0 Å². The van der Waals surface area contributed by atoms with E-state index in [-0.39, 0.29) is 5.38 Å². The van der Waals surface area contributed by atoms with Crippen LogP contribution in [0.3, 0.4) is 0 Å². The molecule has 0 bridgehead atoms. The van der Waals surface area contributed by atoms with E-state index in [9.17, 15) is 0 Å². The second-order valence-corrected chi connectivity index (χ2v) is 7.43. The fourth-order valence-electron chi connectivity index (χ4n) is 1.22. The van der Waals surface area contributed by atoms with Crippen molar-refractivity contribution < 1.29 is 0 Å². The van der Waals surface area contributed by atoms with Crippen LogP contribution in [0.1, 0.15) is 20.0 Å². The largest absolute Gasteiger partial charge is 0.146 e. The van der Waals surface area contributed by atoms with Gasteiger partial charge in [0.1, 0.15) is 5.38 Å². The molecule has 0 amide bonds. The molecule has 0 spiro atoms. The molecule has 2 heterocycles. The van der Waals surface area contributed by atoms with Gasteiger partial charge in [-0.3, -0.25) is 0 Å². The number of rotatable bonds is 2. The first-order chi connectivity index (χ1) is 7.09. The lowest BCUT2D eigenvalue weighted by Gasteiger charge is -2.04. The maximum Gasteiger partial charge on any atom is 0.103 e. The second kappa shape index (κ2) is 4.88. The molecule has 15 heavy (non-hydrogen) atoms. The molecule has 1 atom stereocenters. The summed E-state index contributed by atoms with van der Waals surface area (Å²) in [5.74, 6) is 0. The summed E-state index contributed by atoms with van der Waals surface area (Å²) in [6, 6.07) is 4.13. The van der Waals surface area contributed by atoms with Gasteiger partial charge in [0.05, 0.1) is 0 Å². The van der Waals surface area contributed by atoms with E-state index in [0.717, 1.165) is 8.95 Å². The SMILES string of the molecule is Cc1sc(C(Cl)c2sccc2Br)cc1Br. The van der Waals surface area contributed by atoms with Crippen LogP contribution < -0.4 is 0 Å². The van der Waals surface area contributed by atoms with Gasteiger partial charge in [0.2, 0.25) is 0 Å². The van der Waals surface area contributed by atoms with Gasteiger partial charge in [-0.15, -0.1) is 34.3 Å². The van der Waals surface area contributed by atoms with E-state index in [1.165, 1.54) is 14.6 Å². The van der Waals surface area contributed by atoms with E-state index in [0.29, 0.717) is 0 Å². The van der Waals surface area contributed by atoms with E-state index >= 15 is 0 Å². The molecule has 0 N–H and O–H groups in total. The summed E-state index contributed by atoms with van der Waals surface area (Å²) in [5.41, 5.74) is 0. The highest BCUT2D eigenvalue weighted by Crippen LogP contribution is 2.42. The van der Waals surface area contributed by atoms with E-state index in [4.69, 9.17) is 11.6 Å². The molecule has 0 aliphatic heterocycles. The van der Waals surface area contributed by atoms with Crippen molar-refractivity contribution in [1.29, 1.82) is 0 Å². The van der Waals surface area contributed by atoms with Crippen molar-refractivity contribution in [3.63, 3.8) is 0 Å². The average Bonchev–Trinajstić information content (AvgIpc) is 2.74. The minimum Gasteiger partial charge on any atom is -0.146 e. The molecule has 0 radical (unpaired) electrons. The van der Waals surface area contributed by atoms with Gasteiger partial charge in [-0.05, 0) is 56.3 Å². The third-order valence-electron chi connectivity index (χ3n) is 2.00. The van der Waals surface area contributed by atoms with Gasteiger partial charge in [0.25, 0.3) is 0 Å². The van der Waals surface area contributed by atoms with Crippen molar-refractivity contribution in [3.8, 4) is 0 Å². The first kappa shape index (κ1) is 12.1. The van der Waals surface area contributed by atoms with Crippen LogP contribution in [-0.4, -0.2) is 0 Å². The third kappa shape index (κ3) is 2.50. The Labute approximate surface area is 119 Å². The Morgan fingerprint density at radius 1 is 1.33 bits per heavy atom. The molecule has 1 unspecified atom stereocenters. The van der Waals surface area contributed by atoms with Crippen molar-refractivity contribution >= 4 is 66.1 Å². The minimum absolute atomic E-state index is 0.0469. The molecule has 0 fully saturated rings. The van der Waals surface area contributed by atoms with Crippen molar-refractivity contribution in [2.24, 2.45) is 0 Å². The molecule has 2 aromatic heterocycles. The van der Waals surface area contributed by atoms with Gasteiger partial charge in [-0.25, -0.2) is 0 Å². The Morgan fingerprint density at radius 3 is 2.53 bits per heavy atom. The van der Waals surface area contributed by atoms with Crippen LogP contribution in [0.25, 0.3) is 0 Å². The van der Waals surface area contributed by atoms with Gasteiger partial charge < -0.3 is 0 Å². The predicted octanol–water partition coefficient (Wildman–Crippen LogP) is 5.97. The van der Waals surface area contributed by atoms with Gasteiger partial charge in [-0.1, -0.05) is 0 Å². The van der Waals surface area contributed by atoms with Gasteiger partial charge in [0.15, 0.2) is 0 Å². The van der Waals surface area contributed by atoms with Gasteiger partial charge in [-0.2, -0.15) is 0 Å². The molecular weight excluding hydrogens is 380 g/mol. The minimum atomic E-state index is -0.0469. The van der Waals surface area contributed by atoms with Crippen molar-refractivity contribution in [3.05, 3.63) is 41.1 Å². The Bertz CT molecular complexity index is 456. The topological polar surface area (TPSA) is 0 Å². The number of hydrogen-bond donors (Lipinski definition) is 0. The first-order valence-corrected chi connectivity index (χ1v) is 7.94. The summed E-state index contributed by atoms with van der Waals surface area (Å²) >= 11 is 16.9.